The zero-order chi connectivity index (χ0) is 14.8. The zero-order valence-electron chi connectivity index (χ0n) is 10.6. The Kier molecular flexibility index (Phi) is 3.44. The number of nitrogens with zero attached hydrogens (tertiary/aromatic N) is 2. The van der Waals surface area contributed by atoms with E-state index in [0.717, 1.165) is 11.8 Å². The van der Waals surface area contributed by atoms with Gasteiger partial charge in [-0.3, -0.25) is 14.6 Å². The van der Waals surface area contributed by atoms with Gasteiger partial charge >= 0.3 is 5.97 Å². The predicted molar refractivity (Wildman–Crippen MR) is 77.2 cm³/mol. The summed E-state index contributed by atoms with van der Waals surface area (Å²) in [5.74, 6) is -1.00. The molecule has 1 aromatic carbocycles. The van der Waals surface area contributed by atoms with Crippen molar-refractivity contribution in [2.24, 2.45) is 0 Å². The summed E-state index contributed by atoms with van der Waals surface area (Å²) < 4.78 is 0. The van der Waals surface area contributed by atoms with Gasteiger partial charge in [0.15, 0.2) is 16.3 Å². The number of carboxylic acids is 1. The summed E-state index contributed by atoms with van der Waals surface area (Å²) in [5.41, 5.74) is 0.779. The Labute approximate surface area is 122 Å². The molecule has 2 heterocycles. The number of aromatic amines is 2. The number of carbonyl (C=O) groups is 1. The molecular weight excluding hydrogens is 292 g/mol. The minimum absolute atomic E-state index is 0.218. The second kappa shape index (κ2) is 5.41. The van der Waals surface area contributed by atoms with Crippen LogP contribution in [0.3, 0.4) is 0 Å². The molecule has 3 rings (SSSR count). The molecule has 0 aliphatic rings. The summed E-state index contributed by atoms with van der Waals surface area (Å²) in [4.78, 5) is 36.6. The number of hydrogen-bond donors (Lipinski definition) is 3. The maximum atomic E-state index is 11.8. The minimum atomic E-state index is -1.00. The maximum Gasteiger partial charge on any atom is 0.321 e. The molecule has 1 unspecified atom stereocenters. The molecule has 3 aromatic rings. The van der Waals surface area contributed by atoms with Gasteiger partial charge in [0.25, 0.3) is 5.56 Å². The molecule has 2 aromatic heterocycles. The van der Waals surface area contributed by atoms with Crippen molar-refractivity contribution >= 4 is 28.9 Å². The van der Waals surface area contributed by atoms with Gasteiger partial charge in [0.2, 0.25) is 0 Å². The van der Waals surface area contributed by atoms with Crippen LogP contribution in [0.1, 0.15) is 10.8 Å². The molecule has 0 saturated carbocycles. The highest BCUT2D eigenvalue weighted by molar-refractivity contribution is 8.00. The average Bonchev–Trinajstić information content (AvgIpc) is 2.94. The van der Waals surface area contributed by atoms with Crippen LogP contribution in [-0.4, -0.2) is 31.0 Å². The molecule has 1 atom stereocenters. The second-order valence-electron chi connectivity index (χ2n) is 4.22. The van der Waals surface area contributed by atoms with E-state index in [4.69, 9.17) is 0 Å². The third-order valence-electron chi connectivity index (χ3n) is 2.83. The standard InChI is InChI=1S/C13H10N4O3S/c18-11-8-10(15-6-14-8)16-13(17-11)21-9(12(19)20)7-4-2-1-3-5-7/h1-6,9H,(H,19,20)(H2,14,15,16,17,18). The molecule has 106 valence electrons. The Morgan fingerprint density at radius 3 is 2.76 bits per heavy atom. The van der Waals surface area contributed by atoms with Crippen molar-refractivity contribution in [2.45, 2.75) is 10.4 Å². The molecule has 7 nitrogen and oxygen atoms in total. The first-order valence-corrected chi connectivity index (χ1v) is 6.91. The van der Waals surface area contributed by atoms with E-state index in [9.17, 15) is 14.7 Å². The van der Waals surface area contributed by atoms with Gasteiger partial charge in [-0.1, -0.05) is 42.1 Å². The van der Waals surface area contributed by atoms with Crippen molar-refractivity contribution in [3.8, 4) is 0 Å². The number of aromatic nitrogens is 4. The van der Waals surface area contributed by atoms with Crippen molar-refractivity contribution in [3.05, 3.63) is 52.6 Å². The van der Waals surface area contributed by atoms with Gasteiger partial charge in [0.05, 0.1) is 6.33 Å². The van der Waals surface area contributed by atoms with E-state index >= 15 is 0 Å². The van der Waals surface area contributed by atoms with Crippen LogP contribution in [-0.2, 0) is 4.79 Å². The number of nitrogens with one attached hydrogen (secondary N) is 2. The molecule has 8 heteroatoms. The van der Waals surface area contributed by atoms with E-state index in [1.165, 1.54) is 6.33 Å². The SMILES string of the molecule is O=C(O)C(Sc1nc2nc[nH]c2c(=O)[nH]1)c1ccccc1. The van der Waals surface area contributed by atoms with E-state index in [0.29, 0.717) is 5.56 Å². The number of aliphatic carboxylic acids is 1. The summed E-state index contributed by atoms with van der Waals surface area (Å²) in [6.07, 6.45) is 1.37. The largest absolute Gasteiger partial charge is 0.480 e. The molecular formula is C13H10N4O3S. The second-order valence-corrected chi connectivity index (χ2v) is 5.31. The molecule has 3 N–H and O–H groups in total. The minimum Gasteiger partial charge on any atom is -0.480 e. The van der Waals surface area contributed by atoms with Crippen molar-refractivity contribution in [3.63, 3.8) is 0 Å². The Balaban J connectivity index is 1.98. The lowest BCUT2D eigenvalue weighted by molar-refractivity contribution is -0.136. The van der Waals surface area contributed by atoms with Gasteiger partial charge in [-0.25, -0.2) is 9.97 Å². The number of fused-ring (bicyclic) bond motifs is 1. The van der Waals surface area contributed by atoms with E-state index < -0.39 is 11.2 Å². The van der Waals surface area contributed by atoms with Crippen LogP contribution in [0.25, 0.3) is 11.2 Å². The highest BCUT2D eigenvalue weighted by atomic mass is 32.2. The lowest BCUT2D eigenvalue weighted by Crippen LogP contribution is -2.12. The predicted octanol–water partition coefficient (Wildman–Crippen LogP) is 1.56. The van der Waals surface area contributed by atoms with Gasteiger partial charge in [-0.2, -0.15) is 0 Å². The quantitative estimate of drug-likeness (QED) is 0.498. The normalized spacial score (nSPS) is 12.4. The number of imidazole rings is 1. The maximum absolute atomic E-state index is 11.8. The first-order chi connectivity index (χ1) is 10.1. The Morgan fingerprint density at radius 1 is 1.29 bits per heavy atom. The van der Waals surface area contributed by atoms with Crippen LogP contribution in [0.5, 0.6) is 0 Å². The first kappa shape index (κ1) is 13.4. The van der Waals surface area contributed by atoms with Crippen LogP contribution < -0.4 is 5.56 Å². The molecule has 0 aliphatic heterocycles. The fourth-order valence-electron chi connectivity index (χ4n) is 1.88. The molecule has 0 amide bonds. The van der Waals surface area contributed by atoms with Crippen LogP contribution >= 0.6 is 11.8 Å². The average molecular weight is 302 g/mol. The molecule has 0 saturated heterocycles. The lowest BCUT2D eigenvalue weighted by Gasteiger charge is -2.11. The Morgan fingerprint density at radius 2 is 2.05 bits per heavy atom. The molecule has 0 aliphatic carbocycles. The van der Waals surface area contributed by atoms with Gasteiger partial charge in [-0.05, 0) is 5.56 Å². The van der Waals surface area contributed by atoms with Crippen molar-refractivity contribution < 1.29 is 9.90 Å². The summed E-state index contributed by atoms with van der Waals surface area (Å²) >= 11 is 0.962. The monoisotopic (exact) mass is 302 g/mol. The number of H-pyrrole nitrogens is 2. The Hall–Kier alpha value is -2.61. The number of hydrogen-bond acceptors (Lipinski definition) is 5. The van der Waals surface area contributed by atoms with Crippen LogP contribution in [0.4, 0.5) is 0 Å². The number of carboxylic acid groups (broad SMARTS) is 1. The van der Waals surface area contributed by atoms with Gasteiger partial charge in [0.1, 0.15) is 5.25 Å². The Bertz CT molecular complexity index is 843. The molecule has 21 heavy (non-hydrogen) atoms. The fraction of sp³-hybridized carbons (Fsp3) is 0.0769. The third-order valence-corrected chi connectivity index (χ3v) is 3.96. The van der Waals surface area contributed by atoms with E-state index in [2.05, 4.69) is 19.9 Å². The smallest absolute Gasteiger partial charge is 0.321 e. The summed E-state index contributed by atoms with van der Waals surface area (Å²) in [7, 11) is 0. The highest BCUT2D eigenvalue weighted by Crippen LogP contribution is 2.33. The van der Waals surface area contributed by atoms with E-state index in [-0.39, 0.29) is 21.9 Å². The summed E-state index contributed by atoms with van der Waals surface area (Å²) in [5, 5.41) is 8.73. The summed E-state index contributed by atoms with van der Waals surface area (Å²) in [6.45, 7) is 0. The van der Waals surface area contributed by atoms with Gasteiger partial charge < -0.3 is 10.1 Å². The lowest BCUT2D eigenvalue weighted by atomic mass is 10.1. The molecule has 0 bridgehead atoms. The van der Waals surface area contributed by atoms with Crippen molar-refractivity contribution in [1.82, 2.24) is 19.9 Å². The fourth-order valence-corrected chi connectivity index (χ4v) is 2.79. The first-order valence-electron chi connectivity index (χ1n) is 6.03. The van der Waals surface area contributed by atoms with Crippen molar-refractivity contribution in [1.29, 1.82) is 0 Å². The summed E-state index contributed by atoms with van der Waals surface area (Å²) in [6, 6.07) is 8.77. The van der Waals surface area contributed by atoms with Crippen LogP contribution in [0.2, 0.25) is 0 Å². The third kappa shape index (κ3) is 2.65. The van der Waals surface area contributed by atoms with Crippen molar-refractivity contribution in [2.75, 3.05) is 0 Å². The molecule has 0 radical (unpaired) electrons. The molecule has 0 fully saturated rings. The van der Waals surface area contributed by atoms with Crippen LogP contribution in [0.15, 0.2) is 46.6 Å². The number of benzene rings is 1. The van der Waals surface area contributed by atoms with E-state index in [1.54, 1.807) is 24.3 Å². The number of rotatable bonds is 4. The number of thioether (sulfide) groups is 1. The van der Waals surface area contributed by atoms with Gasteiger partial charge in [0, 0.05) is 0 Å². The topological polar surface area (TPSA) is 112 Å². The molecule has 0 spiro atoms. The van der Waals surface area contributed by atoms with Crippen LogP contribution in [0, 0.1) is 0 Å². The van der Waals surface area contributed by atoms with E-state index in [1.807, 2.05) is 6.07 Å². The zero-order valence-corrected chi connectivity index (χ0v) is 11.4. The highest BCUT2D eigenvalue weighted by Gasteiger charge is 2.22. The van der Waals surface area contributed by atoms with Gasteiger partial charge in [-0.15, -0.1) is 0 Å².